The van der Waals surface area contributed by atoms with Crippen LogP contribution >= 0.6 is 50.9 Å². The molecule has 0 amide bonds. The number of rotatable bonds is 1. The number of nitrogen functional groups attached to an aromatic ring is 1. The van der Waals surface area contributed by atoms with Gasteiger partial charge in [0.2, 0.25) is 0 Å². The first-order valence-corrected chi connectivity index (χ1v) is 4.78. The lowest BCUT2D eigenvalue weighted by Crippen LogP contribution is -2.12. The zero-order valence-corrected chi connectivity index (χ0v) is 10.5. The second-order valence-electron chi connectivity index (χ2n) is 2.04. The summed E-state index contributed by atoms with van der Waals surface area (Å²) in [7, 11) is 0. The molecule has 0 unspecified atom stereocenters. The topological polar surface area (TPSA) is 49.9 Å². The summed E-state index contributed by atoms with van der Waals surface area (Å²) < 4.78 is 1.95. The van der Waals surface area contributed by atoms with Gasteiger partial charge in [0.05, 0.1) is 0 Å². The Morgan fingerprint density at radius 3 is 2.50 bits per heavy atom. The monoisotopic (exact) mass is 360 g/mol. The van der Waals surface area contributed by atoms with Gasteiger partial charge in [-0.25, -0.2) is 0 Å². The summed E-state index contributed by atoms with van der Waals surface area (Å²) in [5, 5.41) is 7.23. The fourth-order valence-electron chi connectivity index (χ4n) is 0.704. The molecule has 1 aromatic rings. The van der Waals surface area contributed by atoms with E-state index in [1.54, 1.807) is 0 Å². The third-order valence-corrected chi connectivity index (χ3v) is 2.65. The summed E-state index contributed by atoms with van der Waals surface area (Å²) >= 11 is 5.46. The standard InChI is InChI=1S/C7H6BrIN2.ClH/c8-4-1-2-6(9)5(3-4)7(10)11;/h1-3H,(H3,10,11);1H. The van der Waals surface area contributed by atoms with Crippen molar-refractivity contribution in [3.63, 3.8) is 0 Å². The average Bonchev–Trinajstić information content (AvgIpc) is 1.94. The average molecular weight is 361 g/mol. The Kier molecular flexibility index (Phi) is 5.12. The van der Waals surface area contributed by atoms with Crippen molar-refractivity contribution < 1.29 is 0 Å². The molecule has 3 N–H and O–H groups in total. The van der Waals surface area contributed by atoms with Crippen LogP contribution in [0.1, 0.15) is 5.56 Å². The maximum atomic E-state index is 7.23. The van der Waals surface area contributed by atoms with E-state index in [9.17, 15) is 0 Å². The van der Waals surface area contributed by atoms with Crippen LogP contribution in [0.3, 0.4) is 0 Å². The van der Waals surface area contributed by atoms with Crippen molar-refractivity contribution in [2.24, 2.45) is 5.73 Å². The van der Waals surface area contributed by atoms with Gasteiger partial charge in [-0.05, 0) is 40.8 Å². The minimum absolute atomic E-state index is 0. The fourth-order valence-corrected chi connectivity index (χ4v) is 1.69. The van der Waals surface area contributed by atoms with Gasteiger partial charge in [0.1, 0.15) is 5.84 Å². The van der Waals surface area contributed by atoms with E-state index in [1.807, 2.05) is 18.2 Å². The molecule has 0 aliphatic rings. The second-order valence-corrected chi connectivity index (χ2v) is 4.12. The number of hydrogen-bond donors (Lipinski definition) is 2. The molecule has 0 saturated carbocycles. The van der Waals surface area contributed by atoms with Gasteiger partial charge >= 0.3 is 0 Å². The van der Waals surface area contributed by atoms with Crippen LogP contribution in [-0.2, 0) is 0 Å². The van der Waals surface area contributed by atoms with Gasteiger partial charge in [-0.1, -0.05) is 15.9 Å². The molecule has 0 aromatic heterocycles. The normalized spacial score (nSPS) is 8.83. The van der Waals surface area contributed by atoms with Crippen LogP contribution in [0, 0.1) is 8.98 Å². The zero-order chi connectivity index (χ0) is 8.43. The molecule has 0 bridgehead atoms. The second kappa shape index (κ2) is 5.04. The van der Waals surface area contributed by atoms with Crippen molar-refractivity contribution in [2.75, 3.05) is 0 Å². The van der Waals surface area contributed by atoms with Crippen LogP contribution in [0.2, 0.25) is 0 Å². The molecule has 5 heteroatoms. The summed E-state index contributed by atoms with van der Waals surface area (Å²) in [5.41, 5.74) is 6.12. The Labute approximate surface area is 99.1 Å². The fraction of sp³-hybridized carbons (Fsp3) is 0. The molecule has 0 spiro atoms. The van der Waals surface area contributed by atoms with Gasteiger partial charge in [-0.2, -0.15) is 0 Å². The number of benzene rings is 1. The van der Waals surface area contributed by atoms with E-state index in [-0.39, 0.29) is 18.2 Å². The van der Waals surface area contributed by atoms with E-state index < -0.39 is 0 Å². The Bertz CT molecular complexity index is 303. The molecule has 12 heavy (non-hydrogen) atoms. The number of halogens is 3. The van der Waals surface area contributed by atoms with Crippen molar-refractivity contribution in [1.29, 1.82) is 5.41 Å². The third kappa shape index (κ3) is 2.91. The van der Waals surface area contributed by atoms with Crippen LogP contribution in [0.5, 0.6) is 0 Å². The minimum Gasteiger partial charge on any atom is -0.384 e. The quantitative estimate of drug-likeness (QED) is 0.451. The molecule has 0 heterocycles. The van der Waals surface area contributed by atoms with E-state index in [2.05, 4.69) is 38.5 Å². The van der Waals surface area contributed by atoms with Gasteiger partial charge < -0.3 is 5.73 Å². The molecule has 0 saturated heterocycles. The highest BCUT2D eigenvalue weighted by atomic mass is 127. The van der Waals surface area contributed by atoms with Crippen molar-refractivity contribution in [3.8, 4) is 0 Å². The van der Waals surface area contributed by atoms with Crippen LogP contribution in [0.15, 0.2) is 22.7 Å². The van der Waals surface area contributed by atoms with Crippen LogP contribution in [-0.4, -0.2) is 5.84 Å². The minimum atomic E-state index is 0. The van der Waals surface area contributed by atoms with Crippen molar-refractivity contribution >= 4 is 56.8 Å². The van der Waals surface area contributed by atoms with Crippen LogP contribution in [0.25, 0.3) is 0 Å². The number of nitrogens with one attached hydrogen (secondary N) is 1. The predicted octanol–water partition coefficient (Wildman–Crippen LogP) is 2.76. The van der Waals surface area contributed by atoms with E-state index >= 15 is 0 Å². The molecule has 0 radical (unpaired) electrons. The van der Waals surface area contributed by atoms with Gasteiger partial charge in [-0.15, -0.1) is 12.4 Å². The molecule has 0 fully saturated rings. The highest BCUT2D eigenvalue weighted by molar-refractivity contribution is 14.1. The highest BCUT2D eigenvalue weighted by Gasteiger charge is 2.01. The first kappa shape index (κ1) is 12.2. The van der Waals surface area contributed by atoms with Crippen molar-refractivity contribution in [2.45, 2.75) is 0 Å². The molecule has 66 valence electrons. The van der Waals surface area contributed by atoms with Gasteiger partial charge in [-0.3, -0.25) is 5.41 Å². The molecule has 2 nitrogen and oxygen atoms in total. The maximum absolute atomic E-state index is 7.23. The summed E-state index contributed by atoms with van der Waals surface area (Å²) in [6.45, 7) is 0. The Balaban J connectivity index is 0.00000121. The Morgan fingerprint density at radius 2 is 2.08 bits per heavy atom. The number of hydrogen-bond acceptors (Lipinski definition) is 1. The largest absolute Gasteiger partial charge is 0.384 e. The van der Waals surface area contributed by atoms with Crippen molar-refractivity contribution in [1.82, 2.24) is 0 Å². The smallest absolute Gasteiger partial charge is 0.123 e. The molecular weight excluding hydrogens is 354 g/mol. The summed E-state index contributed by atoms with van der Waals surface area (Å²) in [5.74, 6) is 0.107. The first-order chi connectivity index (χ1) is 5.11. The van der Waals surface area contributed by atoms with Gasteiger partial charge in [0.15, 0.2) is 0 Å². The van der Waals surface area contributed by atoms with Crippen LogP contribution < -0.4 is 5.73 Å². The van der Waals surface area contributed by atoms with Crippen LogP contribution in [0.4, 0.5) is 0 Å². The molecule has 1 aromatic carbocycles. The number of amidine groups is 1. The SMILES string of the molecule is Cl.N=C(N)c1cc(Br)ccc1I. The van der Waals surface area contributed by atoms with E-state index in [1.165, 1.54) is 0 Å². The molecule has 0 atom stereocenters. The molecule has 1 rings (SSSR count). The lowest BCUT2D eigenvalue weighted by Gasteiger charge is -2.01. The Morgan fingerprint density at radius 1 is 1.50 bits per heavy atom. The van der Waals surface area contributed by atoms with Crippen molar-refractivity contribution in [3.05, 3.63) is 31.8 Å². The van der Waals surface area contributed by atoms with Gasteiger partial charge in [0.25, 0.3) is 0 Å². The molecular formula is C7H7BrClIN2. The van der Waals surface area contributed by atoms with E-state index in [0.717, 1.165) is 13.6 Å². The lowest BCUT2D eigenvalue weighted by molar-refractivity contribution is 1.40. The third-order valence-electron chi connectivity index (χ3n) is 1.22. The lowest BCUT2D eigenvalue weighted by atomic mass is 10.2. The first-order valence-electron chi connectivity index (χ1n) is 2.90. The zero-order valence-electron chi connectivity index (χ0n) is 5.97. The summed E-state index contributed by atoms with van der Waals surface area (Å²) in [4.78, 5) is 0. The summed E-state index contributed by atoms with van der Waals surface area (Å²) in [6, 6.07) is 5.68. The summed E-state index contributed by atoms with van der Waals surface area (Å²) in [6.07, 6.45) is 0. The Hall–Kier alpha value is 0.190. The molecule has 0 aliphatic carbocycles. The molecule has 0 aliphatic heterocycles. The highest BCUT2D eigenvalue weighted by Crippen LogP contribution is 2.17. The van der Waals surface area contributed by atoms with Gasteiger partial charge in [0, 0.05) is 13.6 Å². The predicted molar refractivity (Wildman–Crippen MR) is 65.1 cm³/mol. The van der Waals surface area contributed by atoms with E-state index in [4.69, 9.17) is 11.1 Å². The van der Waals surface area contributed by atoms with E-state index in [0.29, 0.717) is 0 Å². The number of nitrogens with two attached hydrogens (primary N) is 1. The maximum Gasteiger partial charge on any atom is 0.123 e.